The van der Waals surface area contributed by atoms with E-state index >= 15 is 0 Å². The van der Waals surface area contributed by atoms with Crippen molar-refractivity contribution in [3.05, 3.63) is 40.0 Å². The van der Waals surface area contributed by atoms with Crippen LogP contribution in [0.25, 0.3) is 0 Å². The van der Waals surface area contributed by atoms with Gasteiger partial charge in [-0.15, -0.1) is 10.2 Å². The van der Waals surface area contributed by atoms with Crippen LogP contribution < -0.4 is 0 Å². The van der Waals surface area contributed by atoms with Crippen molar-refractivity contribution < 1.29 is 22.7 Å². The van der Waals surface area contributed by atoms with Gasteiger partial charge in [-0.1, -0.05) is 0 Å². The number of aryl methyl sites for hydroxylation is 1. The molecule has 0 bridgehead atoms. The summed E-state index contributed by atoms with van der Waals surface area (Å²) in [5, 5.41) is 16.1. The first-order chi connectivity index (χ1) is 9.29. The Kier molecular flexibility index (Phi) is 3.91. The number of carboxylic acid groups (broad SMARTS) is 1. The lowest BCUT2D eigenvalue weighted by Gasteiger charge is -2.06. The van der Waals surface area contributed by atoms with Crippen molar-refractivity contribution in [3.8, 4) is 0 Å². The molecule has 1 heterocycles. The van der Waals surface area contributed by atoms with Crippen LogP contribution in [0.3, 0.4) is 0 Å². The van der Waals surface area contributed by atoms with Crippen molar-refractivity contribution in [1.82, 2.24) is 10.2 Å². The molecule has 9 heteroatoms. The number of benzene rings is 1. The zero-order valence-corrected chi connectivity index (χ0v) is 12.6. The fraction of sp³-hybridized carbons (Fsp3) is 0.182. The molecule has 20 heavy (non-hydrogen) atoms. The number of hydrogen-bond donors (Lipinski definition) is 1. The summed E-state index contributed by atoms with van der Waals surface area (Å²) in [6, 6.07) is 3.77. The van der Waals surface area contributed by atoms with E-state index in [1.165, 1.54) is 12.1 Å². The van der Waals surface area contributed by atoms with Crippen molar-refractivity contribution in [1.29, 1.82) is 0 Å². The molecular weight excluding hydrogens is 352 g/mol. The van der Waals surface area contributed by atoms with Crippen molar-refractivity contribution in [2.24, 2.45) is 0 Å². The number of aromatic carboxylic acids is 1. The van der Waals surface area contributed by atoms with E-state index in [2.05, 4.69) is 26.1 Å². The highest BCUT2D eigenvalue weighted by Crippen LogP contribution is 2.26. The summed E-state index contributed by atoms with van der Waals surface area (Å²) in [7, 11) is -3.79. The maximum Gasteiger partial charge on any atom is 0.335 e. The predicted molar refractivity (Wildman–Crippen MR) is 71.0 cm³/mol. The summed E-state index contributed by atoms with van der Waals surface area (Å²) in [4.78, 5) is 10.8. The molecule has 1 N–H and O–H groups in total. The van der Waals surface area contributed by atoms with E-state index in [0.717, 1.165) is 6.07 Å². The Bertz CT molecular complexity index is 769. The summed E-state index contributed by atoms with van der Waals surface area (Å²) < 4.78 is 29.8. The van der Waals surface area contributed by atoms with Crippen molar-refractivity contribution in [3.63, 3.8) is 0 Å². The second-order valence-electron chi connectivity index (χ2n) is 3.92. The van der Waals surface area contributed by atoms with Gasteiger partial charge in [0.15, 0.2) is 9.84 Å². The monoisotopic (exact) mass is 360 g/mol. The molecule has 1 aromatic heterocycles. The van der Waals surface area contributed by atoms with Crippen LogP contribution in [0.1, 0.15) is 22.1 Å². The van der Waals surface area contributed by atoms with Gasteiger partial charge in [0.1, 0.15) is 5.75 Å². The van der Waals surface area contributed by atoms with Gasteiger partial charge in [-0.05, 0) is 34.1 Å². The third kappa shape index (κ3) is 3.05. The van der Waals surface area contributed by atoms with E-state index in [1.807, 2.05) is 0 Å². The van der Waals surface area contributed by atoms with Gasteiger partial charge in [0.25, 0.3) is 0 Å². The second-order valence-corrected chi connectivity index (χ2v) is 6.74. The van der Waals surface area contributed by atoms with Crippen LogP contribution in [0, 0.1) is 6.92 Å². The van der Waals surface area contributed by atoms with Crippen LogP contribution in [0.2, 0.25) is 0 Å². The lowest BCUT2D eigenvalue weighted by atomic mass is 10.2. The van der Waals surface area contributed by atoms with Crippen LogP contribution in [0.5, 0.6) is 0 Å². The van der Waals surface area contributed by atoms with Crippen molar-refractivity contribution in [2.75, 3.05) is 0 Å². The Morgan fingerprint density at radius 1 is 1.40 bits per heavy atom. The number of hydrogen-bond acceptors (Lipinski definition) is 6. The summed E-state index contributed by atoms with van der Waals surface area (Å²) >= 11 is 3.10. The maximum absolute atomic E-state index is 12.3. The zero-order valence-electron chi connectivity index (χ0n) is 10.2. The fourth-order valence-corrected chi connectivity index (χ4v) is 3.77. The molecule has 2 rings (SSSR count). The van der Waals surface area contributed by atoms with Gasteiger partial charge in [-0.2, -0.15) is 0 Å². The quantitative estimate of drug-likeness (QED) is 0.884. The fourth-order valence-electron chi connectivity index (χ4n) is 1.51. The lowest BCUT2D eigenvalue weighted by molar-refractivity contribution is 0.0696. The van der Waals surface area contributed by atoms with E-state index in [1.54, 1.807) is 6.92 Å². The highest BCUT2D eigenvalue weighted by Gasteiger charge is 2.23. The lowest BCUT2D eigenvalue weighted by Crippen LogP contribution is -2.08. The van der Waals surface area contributed by atoms with Crippen LogP contribution in [0.4, 0.5) is 0 Å². The minimum absolute atomic E-state index is 0.0462. The number of halogens is 1. The molecule has 7 nitrogen and oxygen atoms in total. The Morgan fingerprint density at radius 3 is 2.65 bits per heavy atom. The minimum atomic E-state index is -3.79. The molecule has 1 aromatic carbocycles. The summed E-state index contributed by atoms with van der Waals surface area (Å²) in [5.74, 6) is -1.48. The largest absolute Gasteiger partial charge is 0.478 e. The Labute approximate surface area is 122 Å². The summed E-state index contributed by atoms with van der Waals surface area (Å²) in [5.41, 5.74) is -0.117. The van der Waals surface area contributed by atoms with Crippen molar-refractivity contribution in [2.45, 2.75) is 17.6 Å². The van der Waals surface area contributed by atoms with Crippen LogP contribution in [0.15, 0.2) is 32.0 Å². The van der Waals surface area contributed by atoms with E-state index in [9.17, 15) is 13.2 Å². The van der Waals surface area contributed by atoms with E-state index < -0.39 is 21.6 Å². The average Bonchev–Trinajstić information content (AvgIpc) is 2.73. The SMILES string of the molecule is Cc1nnc(CS(=O)(=O)c2cc(C(=O)O)ccc2Br)o1. The number of sulfone groups is 1. The molecule has 106 valence electrons. The Hall–Kier alpha value is -1.74. The first kappa shape index (κ1) is 14.7. The first-order valence-electron chi connectivity index (χ1n) is 5.34. The Morgan fingerprint density at radius 2 is 2.10 bits per heavy atom. The molecule has 0 saturated carbocycles. The standard InChI is InChI=1S/C11H9BrN2O5S/c1-6-13-14-10(19-6)5-20(17,18)9-4-7(11(15)16)2-3-8(9)12/h2-4H,5H2,1H3,(H,15,16). The van der Waals surface area contributed by atoms with Gasteiger partial charge in [0, 0.05) is 11.4 Å². The van der Waals surface area contributed by atoms with Gasteiger partial charge < -0.3 is 9.52 Å². The molecule has 0 aliphatic heterocycles. The highest BCUT2D eigenvalue weighted by atomic mass is 79.9. The van der Waals surface area contributed by atoms with Gasteiger partial charge in [0.05, 0.1) is 10.5 Å². The molecule has 0 aliphatic rings. The molecule has 0 unspecified atom stereocenters. The van der Waals surface area contributed by atoms with E-state index in [-0.39, 0.29) is 26.7 Å². The van der Waals surface area contributed by atoms with Crippen molar-refractivity contribution >= 4 is 31.7 Å². The number of aromatic nitrogens is 2. The molecule has 0 spiro atoms. The van der Waals surface area contributed by atoms with Crippen LogP contribution >= 0.6 is 15.9 Å². The predicted octanol–water partition coefficient (Wildman–Crippen LogP) is 1.81. The molecule has 0 fully saturated rings. The smallest absolute Gasteiger partial charge is 0.335 e. The zero-order chi connectivity index (χ0) is 14.9. The molecule has 0 amide bonds. The third-order valence-electron chi connectivity index (χ3n) is 2.39. The summed E-state index contributed by atoms with van der Waals surface area (Å²) in [6.07, 6.45) is 0. The molecule has 0 aliphatic carbocycles. The van der Waals surface area contributed by atoms with Gasteiger partial charge >= 0.3 is 5.97 Å². The normalized spacial score (nSPS) is 11.5. The van der Waals surface area contributed by atoms with E-state index in [4.69, 9.17) is 9.52 Å². The highest BCUT2D eigenvalue weighted by molar-refractivity contribution is 9.10. The maximum atomic E-state index is 12.3. The van der Waals surface area contributed by atoms with Crippen LogP contribution in [-0.2, 0) is 15.6 Å². The molecule has 0 atom stereocenters. The Balaban J connectivity index is 2.43. The molecule has 0 radical (unpaired) electrons. The van der Waals surface area contributed by atoms with Gasteiger partial charge in [-0.25, -0.2) is 13.2 Å². The molecular formula is C11H9BrN2O5S. The molecule has 2 aromatic rings. The number of nitrogens with zero attached hydrogens (tertiary/aromatic N) is 2. The number of rotatable bonds is 4. The van der Waals surface area contributed by atoms with Gasteiger partial charge in [-0.3, -0.25) is 0 Å². The number of carbonyl (C=O) groups is 1. The van der Waals surface area contributed by atoms with Gasteiger partial charge in [0.2, 0.25) is 11.8 Å². The number of carboxylic acids is 1. The van der Waals surface area contributed by atoms with Crippen LogP contribution in [-0.4, -0.2) is 29.7 Å². The minimum Gasteiger partial charge on any atom is -0.478 e. The third-order valence-corrected chi connectivity index (χ3v) is 4.98. The summed E-state index contributed by atoms with van der Waals surface area (Å²) in [6.45, 7) is 1.55. The average molecular weight is 361 g/mol. The topological polar surface area (TPSA) is 110 Å². The molecule has 0 saturated heterocycles. The van der Waals surface area contributed by atoms with E-state index in [0.29, 0.717) is 0 Å². The first-order valence-corrected chi connectivity index (χ1v) is 7.79. The second kappa shape index (κ2) is 5.33.